The van der Waals surface area contributed by atoms with Gasteiger partial charge in [0.1, 0.15) is 5.76 Å². The van der Waals surface area contributed by atoms with Gasteiger partial charge in [0.25, 0.3) is 0 Å². The molecular weight excluding hydrogens is 230 g/mol. The topological polar surface area (TPSA) is 53.7 Å². The predicted molar refractivity (Wildman–Crippen MR) is 68.8 cm³/mol. The number of hydrogen-bond acceptors (Lipinski definition) is 3. The first-order valence-electron chi connectivity index (χ1n) is 6.30. The minimum Gasteiger partial charge on any atom is -0.465 e. The van der Waals surface area contributed by atoms with Crippen LogP contribution in [0.3, 0.4) is 0 Å². The Labute approximate surface area is 107 Å². The van der Waals surface area contributed by atoms with Crippen LogP contribution in [-0.4, -0.2) is 34.6 Å². The van der Waals surface area contributed by atoms with E-state index in [-0.39, 0.29) is 5.91 Å². The highest BCUT2D eigenvalue weighted by atomic mass is 16.3. The fourth-order valence-corrected chi connectivity index (χ4v) is 2.13. The Morgan fingerprint density at radius 1 is 1.50 bits per heavy atom. The van der Waals surface area contributed by atoms with Gasteiger partial charge < -0.3 is 14.4 Å². The Hall–Kier alpha value is -1.55. The summed E-state index contributed by atoms with van der Waals surface area (Å²) >= 11 is 0. The van der Waals surface area contributed by atoms with Gasteiger partial charge in [0.2, 0.25) is 5.91 Å². The number of amides is 1. The Balaban J connectivity index is 1.93. The maximum absolute atomic E-state index is 12.0. The van der Waals surface area contributed by atoms with Crippen LogP contribution in [0.2, 0.25) is 0 Å². The highest BCUT2D eigenvalue weighted by Gasteiger charge is 2.26. The van der Waals surface area contributed by atoms with Gasteiger partial charge in [-0.3, -0.25) is 4.79 Å². The molecule has 0 saturated carbocycles. The molecule has 0 aromatic carbocycles. The maximum atomic E-state index is 12.0. The van der Waals surface area contributed by atoms with Crippen molar-refractivity contribution < 1.29 is 14.3 Å². The zero-order chi connectivity index (χ0) is 13.0. The zero-order valence-electron chi connectivity index (χ0n) is 10.6. The Morgan fingerprint density at radius 3 is 3.06 bits per heavy atom. The molecule has 1 aliphatic rings. The fourth-order valence-electron chi connectivity index (χ4n) is 2.13. The molecule has 18 heavy (non-hydrogen) atoms. The molecule has 2 heterocycles. The predicted octanol–water partition coefficient (Wildman–Crippen LogP) is 2.06. The van der Waals surface area contributed by atoms with Gasteiger partial charge in [-0.2, -0.15) is 0 Å². The molecule has 2 rings (SSSR count). The highest BCUT2D eigenvalue weighted by molar-refractivity contribution is 5.91. The molecule has 1 amide bonds. The van der Waals surface area contributed by atoms with Gasteiger partial charge in [0.05, 0.1) is 11.9 Å². The van der Waals surface area contributed by atoms with Crippen LogP contribution >= 0.6 is 0 Å². The van der Waals surface area contributed by atoms with Gasteiger partial charge in [0.15, 0.2) is 0 Å². The van der Waals surface area contributed by atoms with Crippen molar-refractivity contribution in [1.82, 2.24) is 4.90 Å². The van der Waals surface area contributed by atoms with Crippen LogP contribution < -0.4 is 0 Å². The van der Waals surface area contributed by atoms with Crippen LogP contribution in [0.25, 0.3) is 6.08 Å². The number of furan rings is 1. The van der Waals surface area contributed by atoms with E-state index in [1.165, 1.54) is 6.08 Å². The van der Waals surface area contributed by atoms with Crippen molar-refractivity contribution in [2.75, 3.05) is 13.1 Å². The Bertz CT molecular complexity index is 420. The van der Waals surface area contributed by atoms with Crippen molar-refractivity contribution in [3.8, 4) is 0 Å². The van der Waals surface area contributed by atoms with Crippen molar-refractivity contribution >= 4 is 12.0 Å². The summed E-state index contributed by atoms with van der Waals surface area (Å²) in [6, 6.07) is 3.59. The summed E-state index contributed by atoms with van der Waals surface area (Å²) in [7, 11) is 0. The molecule has 1 saturated heterocycles. The smallest absolute Gasteiger partial charge is 0.246 e. The first-order valence-corrected chi connectivity index (χ1v) is 6.30. The zero-order valence-corrected chi connectivity index (χ0v) is 10.6. The summed E-state index contributed by atoms with van der Waals surface area (Å²) in [6.45, 7) is 3.14. The van der Waals surface area contributed by atoms with Gasteiger partial charge in [-0.25, -0.2) is 0 Å². The van der Waals surface area contributed by atoms with Crippen molar-refractivity contribution in [2.45, 2.75) is 31.8 Å². The normalized spacial score (nSPS) is 25.3. The van der Waals surface area contributed by atoms with Crippen LogP contribution in [0.15, 0.2) is 28.9 Å². The van der Waals surface area contributed by atoms with Crippen LogP contribution in [0, 0.1) is 0 Å². The van der Waals surface area contributed by atoms with E-state index in [4.69, 9.17) is 4.42 Å². The molecule has 1 unspecified atom stereocenters. The van der Waals surface area contributed by atoms with E-state index >= 15 is 0 Å². The fraction of sp³-hybridized carbons (Fsp3) is 0.500. The lowest BCUT2D eigenvalue weighted by Crippen LogP contribution is -2.32. The van der Waals surface area contributed by atoms with Gasteiger partial charge in [-0.15, -0.1) is 0 Å². The van der Waals surface area contributed by atoms with Gasteiger partial charge >= 0.3 is 0 Å². The SMILES string of the molecule is CC1(O)CCCN(C(=O)/C=C/c2ccco2)CC1. The van der Waals surface area contributed by atoms with Crippen LogP contribution in [0.4, 0.5) is 0 Å². The van der Waals surface area contributed by atoms with Crippen LogP contribution in [0.5, 0.6) is 0 Å². The third-order valence-electron chi connectivity index (χ3n) is 3.31. The number of carbonyl (C=O) groups excluding carboxylic acids is 1. The summed E-state index contributed by atoms with van der Waals surface area (Å²) < 4.78 is 5.13. The van der Waals surface area contributed by atoms with Gasteiger partial charge in [-0.1, -0.05) is 0 Å². The van der Waals surface area contributed by atoms with Crippen LogP contribution in [0.1, 0.15) is 31.9 Å². The molecule has 4 nitrogen and oxygen atoms in total. The molecule has 1 aliphatic heterocycles. The molecule has 0 spiro atoms. The number of aliphatic hydroxyl groups is 1. The standard InChI is InChI=1S/C14H19NO3/c1-14(17)7-3-9-15(10-8-14)13(16)6-5-12-4-2-11-18-12/h2,4-6,11,17H,3,7-10H2,1H3/b6-5+. The summed E-state index contributed by atoms with van der Waals surface area (Å²) in [5.74, 6) is 0.647. The largest absolute Gasteiger partial charge is 0.465 e. The van der Waals surface area contributed by atoms with E-state index in [9.17, 15) is 9.90 Å². The van der Waals surface area contributed by atoms with Crippen molar-refractivity contribution in [3.05, 3.63) is 30.2 Å². The molecule has 4 heteroatoms. The molecule has 0 radical (unpaired) electrons. The molecule has 1 aromatic heterocycles. The van der Waals surface area contributed by atoms with E-state index in [1.54, 1.807) is 29.4 Å². The first kappa shape index (κ1) is 12.9. The van der Waals surface area contributed by atoms with Crippen molar-refractivity contribution in [2.24, 2.45) is 0 Å². The molecule has 1 aromatic rings. The molecule has 1 atom stereocenters. The van der Waals surface area contributed by atoms with E-state index in [0.29, 0.717) is 25.3 Å². The van der Waals surface area contributed by atoms with E-state index in [0.717, 1.165) is 12.8 Å². The van der Waals surface area contributed by atoms with E-state index < -0.39 is 5.60 Å². The molecule has 0 aliphatic carbocycles. The number of rotatable bonds is 2. The number of carbonyl (C=O) groups is 1. The second kappa shape index (κ2) is 5.40. The summed E-state index contributed by atoms with van der Waals surface area (Å²) in [4.78, 5) is 13.8. The number of likely N-dealkylation sites (tertiary alicyclic amines) is 1. The van der Waals surface area contributed by atoms with Crippen molar-refractivity contribution in [3.63, 3.8) is 0 Å². The van der Waals surface area contributed by atoms with Crippen LogP contribution in [-0.2, 0) is 4.79 Å². The lowest BCUT2D eigenvalue weighted by molar-refractivity contribution is -0.126. The highest BCUT2D eigenvalue weighted by Crippen LogP contribution is 2.21. The summed E-state index contributed by atoms with van der Waals surface area (Å²) in [6.07, 6.45) is 7.00. The van der Waals surface area contributed by atoms with Gasteiger partial charge in [0, 0.05) is 19.2 Å². The summed E-state index contributed by atoms with van der Waals surface area (Å²) in [5.41, 5.74) is -0.639. The first-order chi connectivity index (χ1) is 8.57. The molecule has 0 bridgehead atoms. The number of nitrogens with zero attached hydrogens (tertiary/aromatic N) is 1. The lowest BCUT2D eigenvalue weighted by Gasteiger charge is -2.21. The van der Waals surface area contributed by atoms with E-state index in [2.05, 4.69) is 0 Å². The Morgan fingerprint density at radius 2 is 2.33 bits per heavy atom. The average molecular weight is 249 g/mol. The van der Waals surface area contributed by atoms with Gasteiger partial charge in [-0.05, 0) is 44.4 Å². The average Bonchev–Trinajstić information content (AvgIpc) is 2.77. The number of hydrogen-bond donors (Lipinski definition) is 1. The third kappa shape index (κ3) is 3.47. The summed E-state index contributed by atoms with van der Waals surface area (Å²) in [5, 5.41) is 9.96. The third-order valence-corrected chi connectivity index (χ3v) is 3.31. The monoisotopic (exact) mass is 249 g/mol. The quantitative estimate of drug-likeness (QED) is 0.816. The second-order valence-corrected chi connectivity index (χ2v) is 5.02. The maximum Gasteiger partial charge on any atom is 0.246 e. The van der Waals surface area contributed by atoms with Crippen molar-refractivity contribution in [1.29, 1.82) is 0 Å². The second-order valence-electron chi connectivity index (χ2n) is 5.02. The minimum atomic E-state index is -0.639. The molecule has 1 N–H and O–H groups in total. The molecule has 1 fully saturated rings. The minimum absolute atomic E-state index is 0.0240. The molecular formula is C14H19NO3. The lowest BCUT2D eigenvalue weighted by atomic mass is 9.98. The Kier molecular flexibility index (Phi) is 3.87. The van der Waals surface area contributed by atoms with E-state index in [1.807, 2.05) is 6.92 Å². The molecule has 98 valence electrons.